The van der Waals surface area contributed by atoms with E-state index in [-0.39, 0.29) is 23.7 Å². The SMILES string of the molecule is CCC.CCCCOc1ccc2c(c1F)Cc1c-2ccc(OCC)c1F. The van der Waals surface area contributed by atoms with Crippen molar-refractivity contribution in [3.63, 3.8) is 0 Å². The first-order valence-corrected chi connectivity index (χ1v) is 9.47. The molecule has 1 aliphatic rings. The van der Waals surface area contributed by atoms with Crippen LogP contribution < -0.4 is 9.47 Å². The number of hydrogen-bond acceptors (Lipinski definition) is 2. The van der Waals surface area contributed by atoms with Gasteiger partial charge in [-0.05, 0) is 36.6 Å². The van der Waals surface area contributed by atoms with Gasteiger partial charge < -0.3 is 9.47 Å². The van der Waals surface area contributed by atoms with E-state index >= 15 is 0 Å². The van der Waals surface area contributed by atoms with Gasteiger partial charge in [0.05, 0.1) is 13.2 Å². The van der Waals surface area contributed by atoms with E-state index in [1.54, 1.807) is 25.1 Å². The van der Waals surface area contributed by atoms with Crippen LogP contribution in [0.2, 0.25) is 0 Å². The van der Waals surface area contributed by atoms with Crippen LogP contribution in [0.5, 0.6) is 11.5 Å². The number of ether oxygens (including phenoxy) is 2. The normalized spacial score (nSPS) is 11.3. The summed E-state index contributed by atoms with van der Waals surface area (Å²) >= 11 is 0. The summed E-state index contributed by atoms with van der Waals surface area (Å²) in [6.45, 7) is 8.99. The molecule has 3 rings (SSSR count). The second kappa shape index (κ2) is 9.56. The first kappa shape index (κ1) is 20.2. The molecule has 1 aliphatic carbocycles. The van der Waals surface area contributed by atoms with Gasteiger partial charge in [-0.3, -0.25) is 0 Å². The topological polar surface area (TPSA) is 18.5 Å². The van der Waals surface area contributed by atoms with Gasteiger partial charge in [0.1, 0.15) is 0 Å². The van der Waals surface area contributed by atoms with Crippen LogP contribution in [0.1, 0.15) is 58.1 Å². The standard InChI is InChI=1S/C19H20F2O2.C3H8/c1-3-5-10-23-17-9-7-13-12-6-8-16(22-4-2)18(20)14(12)11-15(13)19(17)21;1-3-2/h6-9H,3-5,10-11H2,1-2H3;3H2,1-2H3. The molecule has 0 spiro atoms. The predicted octanol–water partition coefficient (Wildman–Crippen LogP) is 6.53. The number of hydrogen-bond donors (Lipinski definition) is 0. The lowest BCUT2D eigenvalue weighted by Gasteiger charge is -2.10. The van der Waals surface area contributed by atoms with Crippen LogP contribution >= 0.6 is 0 Å². The van der Waals surface area contributed by atoms with Crippen LogP contribution in [0.3, 0.4) is 0 Å². The van der Waals surface area contributed by atoms with E-state index in [4.69, 9.17) is 9.47 Å². The van der Waals surface area contributed by atoms with E-state index in [2.05, 4.69) is 20.8 Å². The summed E-state index contributed by atoms with van der Waals surface area (Å²) in [6.07, 6.45) is 3.35. The Morgan fingerprint density at radius 1 is 0.808 bits per heavy atom. The Kier molecular flexibility index (Phi) is 7.43. The van der Waals surface area contributed by atoms with Gasteiger partial charge in [0.15, 0.2) is 23.1 Å². The third-order valence-electron chi connectivity index (χ3n) is 4.11. The molecule has 0 saturated carbocycles. The quantitative estimate of drug-likeness (QED) is 0.464. The third kappa shape index (κ3) is 4.17. The lowest BCUT2D eigenvalue weighted by atomic mass is 10.0. The van der Waals surface area contributed by atoms with Crippen molar-refractivity contribution < 1.29 is 18.3 Å². The molecule has 4 heteroatoms. The van der Waals surface area contributed by atoms with Gasteiger partial charge in [0, 0.05) is 17.5 Å². The average molecular weight is 362 g/mol. The minimum atomic E-state index is -0.395. The Hall–Kier alpha value is -2.10. The van der Waals surface area contributed by atoms with Crippen LogP contribution in [0.4, 0.5) is 8.78 Å². The number of benzene rings is 2. The van der Waals surface area contributed by atoms with E-state index in [1.807, 2.05) is 6.07 Å². The van der Waals surface area contributed by atoms with Crippen molar-refractivity contribution in [1.82, 2.24) is 0 Å². The molecule has 0 saturated heterocycles. The second-order valence-corrected chi connectivity index (χ2v) is 6.33. The highest BCUT2D eigenvalue weighted by Crippen LogP contribution is 2.43. The average Bonchev–Trinajstić information content (AvgIpc) is 3.01. The van der Waals surface area contributed by atoms with E-state index in [0.717, 1.165) is 24.0 Å². The van der Waals surface area contributed by atoms with Gasteiger partial charge in [-0.1, -0.05) is 45.7 Å². The number of fused-ring (bicyclic) bond motifs is 3. The summed E-state index contributed by atoms with van der Waals surface area (Å²) in [7, 11) is 0. The molecule has 26 heavy (non-hydrogen) atoms. The van der Waals surface area contributed by atoms with Crippen molar-refractivity contribution in [3.8, 4) is 22.6 Å². The number of unbranched alkanes of at least 4 members (excludes halogenated alkanes) is 1. The molecule has 0 amide bonds. The Morgan fingerprint density at radius 2 is 1.31 bits per heavy atom. The van der Waals surface area contributed by atoms with Crippen LogP contribution in [0.15, 0.2) is 24.3 Å². The smallest absolute Gasteiger partial charge is 0.169 e. The lowest BCUT2D eigenvalue weighted by molar-refractivity contribution is 0.293. The van der Waals surface area contributed by atoms with E-state index in [0.29, 0.717) is 24.3 Å². The molecule has 0 fully saturated rings. The highest BCUT2D eigenvalue weighted by Gasteiger charge is 2.28. The van der Waals surface area contributed by atoms with Crippen molar-refractivity contribution in [3.05, 3.63) is 47.0 Å². The van der Waals surface area contributed by atoms with Gasteiger partial charge in [-0.15, -0.1) is 0 Å². The molecular formula is C22H28F2O2. The number of rotatable bonds is 6. The van der Waals surface area contributed by atoms with Gasteiger partial charge in [-0.2, -0.15) is 0 Å². The zero-order valence-corrected chi connectivity index (χ0v) is 16.1. The fourth-order valence-corrected chi connectivity index (χ4v) is 2.93. The monoisotopic (exact) mass is 362 g/mol. The Labute approximate surface area is 155 Å². The molecule has 0 unspecified atom stereocenters. The van der Waals surface area contributed by atoms with Gasteiger partial charge in [0.25, 0.3) is 0 Å². The third-order valence-corrected chi connectivity index (χ3v) is 4.11. The van der Waals surface area contributed by atoms with E-state index < -0.39 is 5.82 Å². The zero-order chi connectivity index (χ0) is 19.1. The molecule has 142 valence electrons. The molecule has 0 radical (unpaired) electrons. The fourth-order valence-electron chi connectivity index (χ4n) is 2.93. The summed E-state index contributed by atoms with van der Waals surface area (Å²) in [5, 5.41) is 0. The summed E-state index contributed by atoms with van der Waals surface area (Å²) in [5.41, 5.74) is 2.47. The summed E-state index contributed by atoms with van der Waals surface area (Å²) in [5.74, 6) is -0.310. The van der Waals surface area contributed by atoms with Crippen molar-refractivity contribution in [1.29, 1.82) is 0 Å². The minimum absolute atomic E-state index is 0.221. The van der Waals surface area contributed by atoms with Crippen LogP contribution in [0, 0.1) is 11.6 Å². The summed E-state index contributed by atoms with van der Waals surface area (Å²) in [4.78, 5) is 0. The Morgan fingerprint density at radius 3 is 1.77 bits per heavy atom. The maximum absolute atomic E-state index is 14.7. The maximum atomic E-state index is 14.7. The van der Waals surface area contributed by atoms with Crippen LogP contribution in [0.25, 0.3) is 11.1 Å². The Bertz CT molecular complexity index is 741. The van der Waals surface area contributed by atoms with Crippen molar-refractivity contribution >= 4 is 0 Å². The molecule has 0 aliphatic heterocycles. The first-order valence-electron chi connectivity index (χ1n) is 9.47. The highest BCUT2D eigenvalue weighted by molar-refractivity contribution is 5.78. The van der Waals surface area contributed by atoms with Gasteiger partial charge in [-0.25, -0.2) is 8.78 Å². The molecule has 0 heterocycles. The summed E-state index contributed by atoms with van der Waals surface area (Å²) < 4.78 is 40.0. The molecule has 2 aromatic carbocycles. The minimum Gasteiger partial charge on any atom is -0.491 e. The molecule has 0 aromatic heterocycles. The van der Waals surface area contributed by atoms with E-state index in [9.17, 15) is 8.78 Å². The zero-order valence-electron chi connectivity index (χ0n) is 16.1. The Balaban J connectivity index is 0.000000758. The second-order valence-electron chi connectivity index (χ2n) is 6.33. The molecular weight excluding hydrogens is 334 g/mol. The largest absolute Gasteiger partial charge is 0.491 e. The molecule has 0 bridgehead atoms. The molecule has 0 atom stereocenters. The molecule has 0 N–H and O–H groups in total. The fraction of sp³-hybridized carbons (Fsp3) is 0.455. The van der Waals surface area contributed by atoms with Crippen molar-refractivity contribution in [2.24, 2.45) is 0 Å². The van der Waals surface area contributed by atoms with Crippen LogP contribution in [-0.4, -0.2) is 13.2 Å². The van der Waals surface area contributed by atoms with Crippen LogP contribution in [-0.2, 0) is 6.42 Å². The first-order chi connectivity index (χ1) is 12.6. The lowest BCUT2D eigenvalue weighted by Crippen LogP contribution is -2.01. The maximum Gasteiger partial charge on any atom is 0.169 e. The number of halogens is 2. The van der Waals surface area contributed by atoms with Crippen molar-refractivity contribution in [2.45, 2.75) is 53.4 Å². The molecule has 2 nitrogen and oxygen atoms in total. The van der Waals surface area contributed by atoms with Gasteiger partial charge >= 0.3 is 0 Å². The van der Waals surface area contributed by atoms with Gasteiger partial charge in [0.2, 0.25) is 0 Å². The van der Waals surface area contributed by atoms with Crippen molar-refractivity contribution in [2.75, 3.05) is 13.2 Å². The predicted molar refractivity (Wildman–Crippen MR) is 102 cm³/mol. The van der Waals surface area contributed by atoms with E-state index in [1.165, 1.54) is 6.42 Å². The molecule has 2 aromatic rings. The summed E-state index contributed by atoms with van der Waals surface area (Å²) in [6, 6.07) is 6.85. The highest BCUT2D eigenvalue weighted by atomic mass is 19.1.